The molecule has 0 amide bonds. The van der Waals surface area contributed by atoms with Crippen LogP contribution in [0, 0.1) is 0 Å². The molecule has 0 radical (unpaired) electrons. The van der Waals surface area contributed by atoms with Crippen LogP contribution in [0.25, 0.3) is 28.1 Å². The molecule has 3 N–H and O–H groups in total. The number of imidazole rings is 2. The maximum atomic E-state index is 9.67. The molecule has 37 heavy (non-hydrogen) atoms. The fourth-order valence-corrected chi connectivity index (χ4v) is 4.98. The van der Waals surface area contributed by atoms with Crippen molar-refractivity contribution >= 4 is 28.0 Å². The van der Waals surface area contributed by atoms with Gasteiger partial charge in [-0.25, -0.2) is 9.97 Å². The van der Waals surface area contributed by atoms with Crippen molar-refractivity contribution in [2.75, 3.05) is 51.3 Å². The maximum absolute atomic E-state index is 9.67. The van der Waals surface area contributed by atoms with Gasteiger partial charge in [-0.3, -0.25) is 14.4 Å². The van der Waals surface area contributed by atoms with Crippen LogP contribution >= 0.6 is 0 Å². The zero-order valence-corrected chi connectivity index (χ0v) is 22.1. The van der Waals surface area contributed by atoms with Crippen molar-refractivity contribution in [2.24, 2.45) is 7.05 Å². The lowest BCUT2D eigenvalue weighted by Crippen LogP contribution is -2.53. The van der Waals surface area contributed by atoms with Crippen molar-refractivity contribution in [1.82, 2.24) is 38.9 Å². The number of aromatic nitrogens is 6. The van der Waals surface area contributed by atoms with Gasteiger partial charge in [0.2, 0.25) is 5.95 Å². The molecule has 0 saturated carbocycles. The highest BCUT2D eigenvalue weighted by molar-refractivity contribution is 5.85. The summed E-state index contributed by atoms with van der Waals surface area (Å²) < 4.78 is 3.93. The number of nitrogens with zero attached hydrogens (tertiary/aromatic N) is 8. The number of aliphatic hydroxyl groups is 2. The molecule has 0 unspecified atom stereocenters. The molecule has 0 aliphatic carbocycles. The highest BCUT2D eigenvalue weighted by atomic mass is 16.3. The first-order valence-corrected chi connectivity index (χ1v) is 12.9. The summed E-state index contributed by atoms with van der Waals surface area (Å²) in [5.41, 5.74) is 3.25. The predicted octanol–water partition coefficient (Wildman–Crippen LogP) is 1.56. The summed E-state index contributed by atoms with van der Waals surface area (Å²) in [5.74, 6) is 2.64. The van der Waals surface area contributed by atoms with Gasteiger partial charge in [0.05, 0.1) is 30.8 Å². The first-order chi connectivity index (χ1) is 17.8. The Labute approximate surface area is 216 Å². The van der Waals surface area contributed by atoms with Gasteiger partial charge in [-0.2, -0.15) is 9.97 Å². The van der Waals surface area contributed by atoms with Gasteiger partial charge in [0, 0.05) is 51.7 Å². The minimum absolute atomic E-state index is 0.0255. The predicted molar refractivity (Wildman–Crippen MR) is 144 cm³/mol. The summed E-state index contributed by atoms with van der Waals surface area (Å²) in [6.07, 6.45) is 0.382. The molecule has 0 spiro atoms. The van der Waals surface area contributed by atoms with E-state index in [1.54, 1.807) is 0 Å². The molecule has 11 heteroatoms. The van der Waals surface area contributed by atoms with Crippen LogP contribution in [-0.4, -0.2) is 101 Å². The lowest BCUT2D eigenvalue weighted by Gasteiger charge is -2.42. The quantitative estimate of drug-likeness (QED) is 0.326. The summed E-state index contributed by atoms with van der Waals surface area (Å²) in [4.78, 5) is 24.4. The SMILES string of the molecule is Cn1c(CN2CCN(C(C)(C)C)CC2)nc2c(NCCO)nc(-n3c(CCO)nc4ccccc43)nc21. The van der Waals surface area contributed by atoms with Crippen LogP contribution in [0.2, 0.25) is 0 Å². The molecule has 198 valence electrons. The Morgan fingerprint density at radius 3 is 2.38 bits per heavy atom. The van der Waals surface area contributed by atoms with E-state index in [9.17, 15) is 10.2 Å². The first-order valence-electron chi connectivity index (χ1n) is 12.9. The number of para-hydroxylation sites is 2. The number of aryl methyl sites for hydroxylation is 1. The Hall–Kier alpha value is -3.12. The highest BCUT2D eigenvalue weighted by Gasteiger charge is 2.27. The number of hydrogen-bond donors (Lipinski definition) is 3. The fourth-order valence-electron chi connectivity index (χ4n) is 4.98. The second-order valence-electron chi connectivity index (χ2n) is 10.5. The molecule has 0 atom stereocenters. The molecule has 5 rings (SSSR count). The molecule has 1 fully saturated rings. The number of nitrogens with one attached hydrogen (secondary N) is 1. The molecular weight excluding hydrogens is 470 g/mol. The van der Waals surface area contributed by atoms with E-state index in [1.165, 1.54) is 0 Å². The van der Waals surface area contributed by atoms with E-state index >= 15 is 0 Å². The lowest BCUT2D eigenvalue weighted by atomic mass is 10.1. The van der Waals surface area contributed by atoms with Crippen molar-refractivity contribution in [2.45, 2.75) is 39.3 Å². The summed E-state index contributed by atoms with van der Waals surface area (Å²) in [7, 11) is 1.99. The number of aliphatic hydroxyl groups excluding tert-OH is 2. The molecule has 1 aliphatic heterocycles. The Kier molecular flexibility index (Phi) is 7.13. The van der Waals surface area contributed by atoms with E-state index in [2.05, 4.69) is 35.9 Å². The Morgan fingerprint density at radius 2 is 1.68 bits per heavy atom. The molecule has 3 aromatic heterocycles. The third-order valence-electron chi connectivity index (χ3n) is 7.06. The average Bonchev–Trinajstić information content (AvgIpc) is 3.40. The van der Waals surface area contributed by atoms with Crippen molar-refractivity contribution in [3.05, 3.63) is 35.9 Å². The number of anilines is 1. The van der Waals surface area contributed by atoms with E-state index in [4.69, 9.17) is 19.9 Å². The van der Waals surface area contributed by atoms with Gasteiger partial charge in [-0.05, 0) is 32.9 Å². The summed E-state index contributed by atoms with van der Waals surface area (Å²) in [6.45, 7) is 11.8. The zero-order valence-electron chi connectivity index (χ0n) is 22.1. The number of piperazine rings is 1. The van der Waals surface area contributed by atoms with Crippen LogP contribution in [-0.2, 0) is 20.0 Å². The third-order valence-corrected chi connectivity index (χ3v) is 7.06. The van der Waals surface area contributed by atoms with Gasteiger partial charge < -0.3 is 20.1 Å². The van der Waals surface area contributed by atoms with E-state index in [0.717, 1.165) is 49.6 Å². The van der Waals surface area contributed by atoms with Crippen LogP contribution in [0.3, 0.4) is 0 Å². The number of benzene rings is 1. The van der Waals surface area contributed by atoms with Crippen molar-refractivity contribution in [3.8, 4) is 5.95 Å². The van der Waals surface area contributed by atoms with E-state index in [1.807, 2.05) is 40.4 Å². The zero-order chi connectivity index (χ0) is 26.2. The topological polar surface area (TPSA) is 120 Å². The van der Waals surface area contributed by atoms with Gasteiger partial charge in [0.1, 0.15) is 11.6 Å². The second kappa shape index (κ2) is 10.3. The number of hydrogen-bond acceptors (Lipinski definition) is 9. The largest absolute Gasteiger partial charge is 0.396 e. The van der Waals surface area contributed by atoms with Crippen molar-refractivity contribution < 1.29 is 10.2 Å². The van der Waals surface area contributed by atoms with Gasteiger partial charge in [0.15, 0.2) is 17.0 Å². The second-order valence-corrected chi connectivity index (χ2v) is 10.5. The van der Waals surface area contributed by atoms with Crippen LogP contribution in [0.1, 0.15) is 32.4 Å². The van der Waals surface area contributed by atoms with E-state index in [-0.39, 0.29) is 18.8 Å². The van der Waals surface area contributed by atoms with Crippen molar-refractivity contribution in [3.63, 3.8) is 0 Å². The number of fused-ring (bicyclic) bond motifs is 2. The third kappa shape index (κ3) is 5.04. The average molecular weight is 508 g/mol. The maximum Gasteiger partial charge on any atom is 0.239 e. The fraction of sp³-hybridized carbons (Fsp3) is 0.538. The molecule has 4 aromatic rings. The van der Waals surface area contributed by atoms with Gasteiger partial charge in [-0.1, -0.05) is 12.1 Å². The minimum atomic E-state index is -0.0283. The van der Waals surface area contributed by atoms with Crippen LogP contribution in [0.5, 0.6) is 0 Å². The molecular formula is C26H37N9O2. The molecule has 1 aromatic carbocycles. The van der Waals surface area contributed by atoms with Gasteiger partial charge in [0.25, 0.3) is 0 Å². The smallest absolute Gasteiger partial charge is 0.239 e. The minimum Gasteiger partial charge on any atom is -0.396 e. The highest BCUT2D eigenvalue weighted by Crippen LogP contribution is 2.26. The monoisotopic (exact) mass is 507 g/mol. The first kappa shape index (κ1) is 25.5. The molecule has 0 bridgehead atoms. The van der Waals surface area contributed by atoms with Crippen LogP contribution in [0.15, 0.2) is 24.3 Å². The van der Waals surface area contributed by atoms with Gasteiger partial charge in [-0.15, -0.1) is 0 Å². The number of rotatable bonds is 8. The molecule has 11 nitrogen and oxygen atoms in total. The summed E-state index contributed by atoms with van der Waals surface area (Å²) in [5, 5.41) is 22.4. The Bertz CT molecular complexity index is 1380. The normalized spacial score (nSPS) is 15.7. The molecule has 4 heterocycles. The molecule has 1 aliphatic rings. The van der Waals surface area contributed by atoms with Crippen LogP contribution < -0.4 is 5.32 Å². The summed E-state index contributed by atoms with van der Waals surface area (Å²) >= 11 is 0. The van der Waals surface area contributed by atoms with E-state index in [0.29, 0.717) is 41.7 Å². The van der Waals surface area contributed by atoms with Crippen molar-refractivity contribution in [1.29, 1.82) is 0 Å². The van der Waals surface area contributed by atoms with Gasteiger partial charge >= 0.3 is 0 Å². The van der Waals surface area contributed by atoms with E-state index < -0.39 is 0 Å². The standard InChI is InChI=1S/C26H37N9O2/c1-26(2,3)34-13-11-33(12-14-34)17-21-29-22-23(27-10-16-37)30-25(31-24(22)32(21)4)35-19-8-6-5-7-18(19)28-20(35)9-15-36/h5-8,36-37H,9-17H2,1-4H3,(H,27,30,31). The van der Waals surface area contributed by atoms with Crippen LogP contribution in [0.4, 0.5) is 5.82 Å². The summed E-state index contributed by atoms with van der Waals surface area (Å²) in [6, 6.07) is 7.81. The lowest BCUT2D eigenvalue weighted by molar-refractivity contribution is 0.0577. The Morgan fingerprint density at radius 1 is 0.919 bits per heavy atom. The molecule has 1 saturated heterocycles. The Balaban J connectivity index is 1.54.